The van der Waals surface area contributed by atoms with Crippen molar-refractivity contribution in [3.05, 3.63) is 46.6 Å². The number of aromatic nitrogens is 2. The van der Waals surface area contributed by atoms with Gasteiger partial charge < -0.3 is 15.2 Å². The van der Waals surface area contributed by atoms with Crippen LogP contribution in [0.2, 0.25) is 0 Å². The Kier molecular flexibility index (Phi) is 4.93. The fourth-order valence-electron chi connectivity index (χ4n) is 2.26. The van der Waals surface area contributed by atoms with Crippen LogP contribution in [0.4, 0.5) is 0 Å². The lowest BCUT2D eigenvalue weighted by atomic mass is 10.1. The highest BCUT2D eigenvalue weighted by atomic mass is 35.5. The first-order valence-electron chi connectivity index (χ1n) is 6.62. The van der Waals surface area contributed by atoms with Crippen molar-refractivity contribution in [3.8, 4) is 0 Å². The standard InChI is InChI=1S/C14H16N4O2.ClH/c1-9-17-13(20-18-9)4-5-16-14(19)10-2-3-11-7-15-8-12(11)6-10;/h2-3,6,15H,4-5,7-8H2,1H3,(H,16,19);1H. The van der Waals surface area contributed by atoms with Crippen molar-refractivity contribution in [1.82, 2.24) is 20.8 Å². The van der Waals surface area contributed by atoms with Crippen LogP contribution in [0.5, 0.6) is 0 Å². The molecule has 3 rings (SSSR count). The summed E-state index contributed by atoms with van der Waals surface area (Å²) < 4.78 is 4.99. The van der Waals surface area contributed by atoms with Crippen molar-refractivity contribution < 1.29 is 9.32 Å². The normalized spacial score (nSPS) is 12.6. The minimum atomic E-state index is -0.0732. The zero-order chi connectivity index (χ0) is 13.9. The highest BCUT2D eigenvalue weighted by Gasteiger charge is 2.13. The van der Waals surface area contributed by atoms with Gasteiger partial charge in [-0.2, -0.15) is 4.98 Å². The van der Waals surface area contributed by atoms with E-state index in [4.69, 9.17) is 4.52 Å². The molecule has 0 aliphatic carbocycles. The molecule has 0 spiro atoms. The third-order valence-electron chi connectivity index (χ3n) is 3.29. The third kappa shape index (κ3) is 3.59. The molecule has 1 aromatic heterocycles. The van der Waals surface area contributed by atoms with Gasteiger partial charge in [-0.15, -0.1) is 12.4 Å². The zero-order valence-corrected chi connectivity index (χ0v) is 12.5. The molecule has 0 saturated heterocycles. The average molecular weight is 309 g/mol. The van der Waals surface area contributed by atoms with E-state index in [-0.39, 0.29) is 18.3 Å². The molecule has 0 radical (unpaired) electrons. The van der Waals surface area contributed by atoms with E-state index in [0.717, 1.165) is 13.1 Å². The summed E-state index contributed by atoms with van der Waals surface area (Å²) in [6.45, 7) is 3.96. The number of carbonyl (C=O) groups excluding carboxylic acids is 1. The lowest BCUT2D eigenvalue weighted by Gasteiger charge is -2.05. The molecule has 0 unspecified atom stereocenters. The van der Waals surface area contributed by atoms with Crippen molar-refractivity contribution in [2.24, 2.45) is 0 Å². The molecule has 1 amide bonds. The average Bonchev–Trinajstić information content (AvgIpc) is 3.06. The number of rotatable bonds is 4. The van der Waals surface area contributed by atoms with E-state index in [0.29, 0.717) is 30.2 Å². The maximum Gasteiger partial charge on any atom is 0.251 e. The van der Waals surface area contributed by atoms with E-state index in [2.05, 4.69) is 20.8 Å². The van der Waals surface area contributed by atoms with Crippen LogP contribution in [0.1, 0.15) is 33.2 Å². The van der Waals surface area contributed by atoms with E-state index in [1.807, 2.05) is 18.2 Å². The minimum Gasteiger partial charge on any atom is -0.352 e. The summed E-state index contributed by atoms with van der Waals surface area (Å²) in [4.78, 5) is 16.1. The van der Waals surface area contributed by atoms with Gasteiger partial charge >= 0.3 is 0 Å². The van der Waals surface area contributed by atoms with Gasteiger partial charge in [0.1, 0.15) is 0 Å². The SMILES string of the molecule is Cc1noc(CCNC(=O)c2ccc3c(c2)CNC3)n1.Cl. The fourth-order valence-corrected chi connectivity index (χ4v) is 2.26. The Labute approximate surface area is 128 Å². The lowest BCUT2D eigenvalue weighted by molar-refractivity contribution is 0.0953. The molecule has 1 aromatic carbocycles. The van der Waals surface area contributed by atoms with Crippen LogP contribution in [-0.2, 0) is 19.5 Å². The van der Waals surface area contributed by atoms with Gasteiger partial charge in [-0.25, -0.2) is 0 Å². The van der Waals surface area contributed by atoms with Crippen LogP contribution in [0.15, 0.2) is 22.7 Å². The molecule has 7 heteroatoms. The van der Waals surface area contributed by atoms with E-state index < -0.39 is 0 Å². The Morgan fingerprint density at radius 1 is 1.38 bits per heavy atom. The molecule has 2 N–H and O–H groups in total. The Balaban J connectivity index is 0.00000161. The van der Waals surface area contributed by atoms with Crippen LogP contribution in [0.3, 0.4) is 0 Å². The molecule has 2 aromatic rings. The maximum atomic E-state index is 12.0. The molecule has 6 nitrogen and oxygen atoms in total. The highest BCUT2D eigenvalue weighted by molar-refractivity contribution is 5.94. The summed E-state index contributed by atoms with van der Waals surface area (Å²) in [5.74, 6) is 1.08. The largest absolute Gasteiger partial charge is 0.352 e. The molecule has 1 aliphatic heterocycles. The van der Waals surface area contributed by atoms with E-state index >= 15 is 0 Å². The third-order valence-corrected chi connectivity index (χ3v) is 3.29. The van der Waals surface area contributed by atoms with Crippen molar-refractivity contribution in [2.75, 3.05) is 6.54 Å². The van der Waals surface area contributed by atoms with Crippen LogP contribution in [-0.4, -0.2) is 22.6 Å². The Bertz CT molecular complexity index is 642. The predicted molar refractivity (Wildman–Crippen MR) is 79.3 cm³/mol. The molecule has 0 fully saturated rings. The quantitative estimate of drug-likeness (QED) is 0.892. The second kappa shape index (κ2) is 6.69. The fraction of sp³-hybridized carbons (Fsp3) is 0.357. The molecular weight excluding hydrogens is 292 g/mol. The number of aryl methyl sites for hydroxylation is 1. The number of nitrogens with one attached hydrogen (secondary N) is 2. The number of benzene rings is 1. The predicted octanol–water partition coefficient (Wildman–Crippen LogP) is 1.38. The number of amides is 1. The van der Waals surface area contributed by atoms with Crippen LogP contribution < -0.4 is 10.6 Å². The van der Waals surface area contributed by atoms with Crippen LogP contribution in [0, 0.1) is 6.92 Å². The first kappa shape index (κ1) is 15.5. The van der Waals surface area contributed by atoms with Gasteiger partial charge in [-0.1, -0.05) is 11.2 Å². The number of hydrogen-bond acceptors (Lipinski definition) is 5. The molecule has 21 heavy (non-hydrogen) atoms. The molecule has 0 saturated carbocycles. The van der Waals surface area contributed by atoms with Crippen molar-refractivity contribution >= 4 is 18.3 Å². The van der Waals surface area contributed by atoms with E-state index in [9.17, 15) is 4.79 Å². The highest BCUT2D eigenvalue weighted by Crippen LogP contribution is 2.16. The zero-order valence-electron chi connectivity index (χ0n) is 11.7. The Morgan fingerprint density at radius 3 is 2.95 bits per heavy atom. The number of nitrogens with zero attached hydrogens (tertiary/aromatic N) is 2. The number of hydrogen-bond donors (Lipinski definition) is 2. The van der Waals surface area contributed by atoms with Gasteiger partial charge in [0, 0.05) is 31.6 Å². The Hall–Kier alpha value is -1.92. The summed E-state index contributed by atoms with van der Waals surface area (Å²) in [5.41, 5.74) is 3.15. The van der Waals surface area contributed by atoms with Crippen molar-refractivity contribution in [3.63, 3.8) is 0 Å². The summed E-state index contributed by atoms with van der Waals surface area (Å²) >= 11 is 0. The molecular formula is C14H17ClN4O2. The van der Waals surface area contributed by atoms with Crippen molar-refractivity contribution in [1.29, 1.82) is 0 Å². The van der Waals surface area contributed by atoms with Crippen LogP contribution in [0.25, 0.3) is 0 Å². The second-order valence-electron chi connectivity index (χ2n) is 4.83. The summed E-state index contributed by atoms with van der Waals surface area (Å²) in [6.07, 6.45) is 0.541. The minimum absolute atomic E-state index is 0. The van der Waals surface area contributed by atoms with Gasteiger partial charge in [0.05, 0.1) is 0 Å². The van der Waals surface area contributed by atoms with Gasteiger partial charge in [-0.05, 0) is 30.2 Å². The molecule has 0 bridgehead atoms. The molecule has 2 heterocycles. The maximum absolute atomic E-state index is 12.0. The van der Waals surface area contributed by atoms with Gasteiger partial charge in [0.15, 0.2) is 5.82 Å². The number of fused-ring (bicyclic) bond motifs is 1. The summed E-state index contributed by atoms with van der Waals surface area (Å²) in [6, 6.07) is 5.81. The summed E-state index contributed by atoms with van der Waals surface area (Å²) in [7, 11) is 0. The monoisotopic (exact) mass is 308 g/mol. The smallest absolute Gasteiger partial charge is 0.251 e. The van der Waals surface area contributed by atoms with Gasteiger partial charge in [-0.3, -0.25) is 4.79 Å². The van der Waals surface area contributed by atoms with Crippen molar-refractivity contribution in [2.45, 2.75) is 26.4 Å². The van der Waals surface area contributed by atoms with E-state index in [1.54, 1.807) is 6.92 Å². The molecule has 112 valence electrons. The Morgan fingerprint density at radius 2 is 2.19 bits per heavy atom. The van der Waals surface area contributed by atoms with E-state index in [1.165, 1.54) is 11.1 Å². The first-order valence-corrected chi connectivity index (χ1v) is 6.62. The van der Waals surface area contributed by atoms with Crippen LogP contribution >= 0.6 is 12.4 Å². The molecule has 0 atom stereocenters. The number of halogens is 1. The lowest BCUT2D eigenvalue weighted by Crippen LogP contribution is -2.25. The topological polar surface area (TPSA) is 80.0 Å². The van der Waals surface area contributed by atoms with Gasteiger partial charge in [0.25, 0.3) is 5.91 Å². The summed E-state index contributed by atoms with van der Waals surface area (Å²) in [5, 5.41) is 9.83. The first-order chi connectivity index (χ1) is 9.72. The molecule has 1 aliphatic rings. The second-order valence-corrected chi connectivity index (χ2v) is 4.83. The van der Waals surface area contributed by atoms with Gasteiger partial charge in [0.2, 0.25) is 5.89 Å². The number of carbonyl (C=O) groups is 1.